The highest BCUT2D eigenvalue weighted by Gasteiger charge is 2.15. The van der Waals surface area contributed by atoms with Crippen molar-refractivity contribution in [2.24, 2.45) is 0 Å². The van der Waals surface area contributed by atoms with Crippen molar-refractivity contribution in [3.05, 3.63) is 83.6 Å². The summed E-state index contributed by atoms with van der Waals surface area (Å²) in [4.78, 5) is 18.5. The zero-order valence-corrected chi connectivity index (χ0v) is 16.2. The van der Waals surface area contributed by atoms with Crippen molar-refractivity contribution in [3.63, 3.8) is 0 Å². The molecule has 0 atom stereocenters. The lowest BCUT2D eigenvalue weighted by Gasteiger charge is -2.21. The fourth-order valence-corrected chi connectivity index (χ4v) is 2.93. The largest absolute Gasteiger partial charge is 0.497 e. The molecular formula is C22H25N3O3. The van der Waals surface area contributed by atoms with E-state index in [1.54, 1.807) is 7.11 Å². The molecule has 0 aliphatic heterocycles. The number of benzene rings is 2. The summed E-state index contributed by atoms with van der Waals surface area (Å²) in [5.41, 5.74) is 2.67. The van der Waals surface area contributed by atoms with E-state index in [1.807, 2.05) is 49.4 Å². The Bertz CT molecular complexity index is 876. The standard InChI is InChI=1S/C22H25N3O3/c1-3-23-22(26)20-16-28-21(24-20)15-25(13-17-7-5-4-6-8-17)14-18-9-11-19(27-2)12-10-18/h4-12,16H,3,13-15H2,1-2H3,(H,23,26). The summed E-state index contributed by atoms with van der Waals surface area (Å²) >= 11 is 0. The number of aromatic nitrogens is 1. The molecule has 0 aliphatic carbocycles. The number of ether oxygens (including phenoxy) is 1. The second kappa shape index (κ2) is 9.71. The summed E-state index contributed by atoms with van der Waals surface area (Å²) in [6.07, 6.45) is 1.41. The topological polar surface area (TPSA) is 67.6 Å². The quantitative estimate of drug-likeness (QED) is 0.615. The van der Waals surface area contributed by atoms with Crippen LogP contribution in [-0.4, -0.2) is 29.4 Å². The molecule has 146 valence electrons. The lowest BCUT2D eigenvalue weighted by atomic mass is 10.1. The van der Waals surface area contributed by atoms with Crippen LogP contribution in [0.1, 0.15) is 34.4 Å². The first-order valence-electron chi connectivity index (χ1n) is 9.29. The van der Waals surface area contributed by atoms with E-state index >= 15 is 0 Å². The smallest absolute Gasteiger partial charge is 0.273 e. The summed E-state index contributed by atoms with van der Waals surface area (Å²) in [5.74, 6) is 1.13. The molecule has 0 unspecified atom stereocenters. The molecule has 0 spiro atoms. The van der Waals surface area contributed by atoms with Crippen LogP contribution >= 0.6 is 0 Å². The van der Waals surface area contributed by atoms with Crippen molar-refractivity contribution in [3.8, 4) is 5.75 Å². The number of nitrogens with zero attached hydrogens (tertiary/aromatic N) is 2. The number of rotatable bonds is 9. The van der Waals surface area contributed by atoms with Gasteiger partial charge in [-0.05, 0) is 30.2 Å². The van der Waals surface area contributed by atoms with Gasteiger partial charge in [0.2, 0.25) is 5.89 Å². The third-order valence-corrected chi connectivity index (χ3v) is 4.29. The van der Waals surface area contributed by atoms with Crippen LogP contribution in [0.5, 0.6) is 5.75 Å². The van der Waals surface area contributed by atoms with Gasteiger partial charge in [0.15, 0.2) is 5.69 Å². The summed E-state index contributed by atoms with van der Waals surface area (Å²) < 4.78 is 10.8. The summed E-state index contributed by atoms with van der Waals surface area (Å²) in [6, 6.07) is 18.2. The average Bonchev–Trinajstić information content (AvgIpc) is 3.18. The van der Waals surface area contributed by atoms with Gasteiger partial charge in [0.05, 0.1) is 13.7 Å². The van der Waals surface area contributed by atoms with Crippen molar-refractivity contribution in [1.29, 1.82) is 0 Å². The van der Waals surface area contributed by atoms with Gasteiger partial charge < -0.3 is 14.5 Å². The highest BCUT2D eigenvalue weighted by Crippen LogP contribution is 2.17. The molecule has 1 amide bonds. The fourth-order valence-electron chi connectivity index (χ4n) is 2.93. The van der Waals surface area contributed by atoms with E-state index in [4.69, 9.17) is 9.15 Å². The van der Waals surface area contributed by atoms with Gasteiger partial charge in [-0.15, -0.1) is 0 Å². The molecule has 28 heavy (non-hydrogen) atoms. The first-order valence-corrected chi connectivity index (χ1v) is 9.29. The van der Waals surface area contributed by atoms with Gasteiger partial charge in [0, 0.05) is 19.6 Å². The zero-order chi connectivity index (χ0) is 19.8. The third kappa shape index (κ3) is 5.44. The minimum atomic E-state index is -0.220. The van der Waals surface area contributed by atoms with Crippen molar-refractivity contribution < 1.29 is 13.9 Å². The molecular weight excluding hydrogens is 354 g/mol. The molecule has 0 saturated heterocycles. The number of hydrogen-bond acceptors (Lipinski definition) is 5. The van der Waals surface area contributed by atoms with Crippen molar-refractivity contribution in [2.75, 3.05) is 13.7 Å². The van der Waals surface area contributed by atoms with Crippen LogP contribution in [0.15, 0.2) is 65.3 Å². The number of amides is 1. The predicted molar refractivity (Wildman–Crippen MR) is 107 cm³/mol. The Morgan fingerprint density at radius 3 is 2.36 bits per heavy atom. The molecule has 0 saturated carbocycles. The summed E-state index contributed by atoms with van der Waals surface area (Å²) in [7, 11) is 1.66. The van der Waals surface area contributed by atoms with Gasteiger partial charge in [0.25, 0.3) is 5.91 Å². The van der Waals surface area contributed by atoms with Crippen molar-refractivity contribution in [2.45, 2.75) is 26.6 Å². The number of carbonyl (C=O) groups is 1. The maximum Gasteiger partial charge on any atom is 0.273 e. The molecule has 3 aromatic rings. The Kier molecular flexibility index (Phi) is 6.81. The summed E-state index contributed by atoms with van der Waals surface area (Å²) in [5, 5.41) is 2.73. The molecule has 6 heteroatoms. The van der Waals surface area contributed by atoms with Crippen LogP contribution in [0.4, 0.5) is 0 Å². The van der Waals surface area contributed by atoms with Crippen molar-refractivity contribution in [1.82, 2.24) is 15.2 Å². The third-order valence-electron chi connectivity index (χ3n) is 4.29. The van der Waals surface area contributed by atoms with E-state index in [9.17, 15) is 4.79 Å². The SMILES string of the molecule is CCNC(=O)c1coc(CN(Cc2ccccc2)Cc2ccc(OC)cc2)n1. The molecule has 0 aliphatic rings. The van der Waals surface area contributed by atoms with Crippen LogP contribution in [0, 0.1) is 0 Å². The van der Waals surface area contributed by atoms with Crippen LogP contribution in [0.2, 0.25) is 0 Å². The first kappa shape index (κ1) is 19.6. The van der Waals surface area contributed by atoms with E-state index in [2.05, 4.69) is 27.3 Å². The van der Waals surface area contributed by atoms with Crippen LogP contribution in [0.25, 0.3) is 0 Å². The van der Waals surface area contributed by atoms with E-state index in [0.29, 0.717) is 24.7 Å². The highest BCUT2D eigenvalue weighted by molar-refractivity contribution is 5.91. The molecule has 0 fully saturated rings. The van der Waals surface area contributed by atoms with Crippen LogP contribution < -0.4 is 10.1 Å². The molecule has 1 aromatic heterocycles. The Morgan fingerprint density at radius 2 is 1.71 bits per heavy atom. The second-order valence-electron chi connectivity index (χ2n) is 6.46. The monoisotopic (exact) mass is 379 g/mol. The zero-order valence-electron chi connectivity index (χ0n) is 16.2. The van der Waals surface area contributed by atoms with Gasteiger partial charge >= 0.3 is 0 Å². The predicted octanol–water partition coefficient (Wildman–Crippen LogP) is 3.64. The van der Waals surface area contributed by atoms with E-state index in [1.165, 1.54) is 11.8 Å². The van der Waals surface area contributed by atoms with Gasteiger partial charge in [-0.1, -0.05) is 42.5 Å². The van der Waals surface area contributed by atoms with E-state index < -0.39 is 0 Å². The normalized spacial score (nSPS) is 10.8. The number of nitrogens with one attached hydrogen (secondary N) is 1. The Labute approximate surface area is 165 Å². The van der Waals surface area contributed by atoms with Gasteiger partial charge in [-0.3, -0.25) is 9.69 Å². The lowest BCUT2D eigenvalue weighted by Crippen LogP contribution is -2.24. The maximum absolute atomic E-state index is 11.9. The fraction of sp³-hybridized carbons (Fsp3) is 0.273. The number of methoxy groups -OCH3 is 1. The average molecular weight is 379 g/mol. The minimum Gasteiger partial charge on any atom is -0.497 e. The Hall–Kier alpha value is -3.12. The maximum atomic E-state index is 11.9. The minimum absolute atomic E-state index is 0.220. The number of oxazole rings is 1. The molecule has 2 aromatic carbocycles. The van der Waals surface area contributed by atoms with Gasteiger partial charge in [-0.2, -0.15) is 0 Å². The molecule has 0 bridgehead atoms. The highest BCUT2D eigenvalue weighted by atomic mass is 16.5. The van der Waals surface area contributed by atoms with Crippen LogP contribution in [0.3, 0.4) is 0 Å². The lowest BCUT2D eigenvalue weighted by molar-refractivity contribution is 0.0950. The molecule has 1 N–H and O–H groups in total. The molecule has 1 heterocycles. The Morgan fingerprint density at radius 1 is 1.04 bits per heavy atom. The second-order valence-corrected chi connectivity index (χ2v) is 6.46. The van der Waals surface area contributed by atoms with Crippen molar-refractivity contribution >= 4 is 5.91 Å². The summed E-state index contributed by atoms with van der Waals surface area (Å²) in [6.45, 7) is 4.39. The molecule has 6 nitrogen and oxygen atoms in total. The van der Waals surface area contributed by atoms with E-state index in [-0.39, 0.29) is 5.91 Å². The molecule has 0 radical (unpaired) electrons. The van der Waals surface area contributed by atoms with E-state index in [0.717, 1.165) is 24.4 Å². The van der Waals surface area contributed by atoms with Gasteiger partial charge in [0.1, 0.15) is 12.0 Å². The number of hydrogen-bond donors (Lipinski definition) is 1. The first-order chi connectivity index (χ1) is 13.7. The van der Waals surface area contributed by atoms with Crippen LogP contribution in [-0.2, 0) is 19.6 Å². The Balaban J connectivity index is 1.74. The van der Waals surface area contributed by atoms with Gasteiger partial charge in [-0.25, -0.2) is 4.98 Å². The number of carbonyl (C=O) groups excluding carboxylic acids is 1. The molecule has 3 rings (SSSR count).